The zero-order chi connectivity index (χ0) is 13.3. The number of aromatic hydroxyl groups is 1. The highest BCUT2D eigenvalue weighted by molar-refractivity contribution is 5.98. The van der Waals surface area contributed by atoms with Gasteiger partial charge in [-0.25, -0.2) is 0 Å². The summed E-state index contributed by atoms with van der Waals surface area (Å²) in [5.41, 5.74) is 6.18. The van der Waals surface area contributed by atoms with Gasteiger partial charge in [0.25, 0.3) is 5.91 Å². The van der Waals surface area contributed by atoms with E-state index in [9.17, 15) is 9.90 Å². The number of anilines is 1. The first-order chi connectivity index (χ1) is 8.52. The maximum absolute atomic E-state index is 12.4. The second-order valence-corrected chi connectivity index (χ2v) is 5.10. The summed E-state index contributed by atoms with van der Waals surface area (Å²) in [5.74, 6) is 0.262. The average molecular weight is 248 g/mol. The first-order valence-electron chi connectivity index (χ1n) is 6.40. The van der Waals surface area contributed by atoms with Crippen molar-refractivity contribution in [1.29, 1.82) is 0 Å². The van der Waals surface area contributed by atoms with E-state index in [1.165, 1.54) is 0 Å². The molecule has 1 aliphatic heterocycles. The number of phenolic OH excluding ortho intramolecular Hbond substituents is 1. The summed E-state index contributed by atoms with van der Waals surface area (Å²) in [6.07, 6.45) is 2.16. The first kappa shape index (κ1) is 12.7. The number of phenols is 1. The smallest absolute Gasteiger partial charge is 0.257 e. The van der Waals surface area contributed by atoms with Crippen molar-refractivity contribution in [1.82, 2.24) is 4.90 Å². The van der Waals surface area contributed by atoms with E-state index in [-0.39, 0.29) is 23.4 Å². The van der Waals surface area contributed by atoms with Gasteiger partial charge in [0.2, 0.25) is 0 Å². The van der Waals surface area contributed by atoms with Crippen LogP contribution in [-0.4, -0.2) is 28.5 Å². The van der Waals surface area contributed by atoms with Crippen LogP contribution in [0.15, 0.2) is 18.2 Å². The Hall–Kier alpha value is -1.71. The molecule has 1 aliphatic rings. The van der Waals surface area contributed by atoms with Crippen molar-refractivity contribution in [3.63, 3.8) is 0 Å². The van der Waals surface area contributed by atoms with Crippen LogP contribution in [0, 0.1) is 5.92 Å². The van der Waals surface area contributed by atoms with Crippen LogP contribution in [-0.2, 0) is 0 Å². The number of carbonyl (C=O) groups is 1. The number of para-hydroxylation sites is 1. The number of piperidine rings is 1. The number of carbonyl (C=O) groups excluding carboxylic acids is 1. The van der Waals surface area contributed by atoms with Gasteiger partial charge in [-0.2, -0.15) is 0 Å². The van der Waals surface area contributed by atoms with Crippen LogP contribution < -0.4 is 5.73 Å². The number of amides is 1. The van der Waals surface area contributed by atoms with E-state index in [0.717, 1.165) is 19.4 Å². The fourth-order valence-electron chi connectivity index (χ4n) is 2.51. The summed E-state index contributed by atoms with van der Waals surface area (Å²) in [4.78, 5) is 14.3. The van der Waals surface area contributed by atoms with Gasteiger partial charge in [0.05, 0.1) is 11.3 Å². The lowest BCUT2D eigenvalue weighted by Gasteiger charge is -2.38. The molecule has 4 heteroatoms. The molecule has 1 heterocycles. The molecule has 1 aromatic rings. The number of likely N-dealkylation sites (tertiary alicyclic amines) is 1. The molecule has 2 unspecified atom stereocenters. The van der Waals surface area contributed by atoms with Crippen molar-refractivity contribution in [3.8, 4) is 5.75 Å². The predicted molar refractivity (Wildman–Crippen MR) is 71.4 cm³/mol. The quantitative estimate of drug-likeness (QED) is 0.591. The maximum Gasteiger partial charge on any atom is 0.257 e. The third-order valence-corrected chi connectivity index (χ3v) is 3.93. The molecule has 98 valence electrons. The monoisotopic (exact) mass is 248 g/mol. The number of rotatable bonds is 1. The van der Waals surface area contributed by atoms with Crippen molar-refractivity contribution < 1.29 is 9.90 Å². The van der Waals surface area contributed by atoms with E-state index < -0.39 is 0 Å². The molecule has 1 fully saturated rings. The minimum Gasteiger partial charge on any atom is -0.505 e. The SMILES string of the molecule is CC1CCCN(C(=O)c2cccc(N)c2O)C1C. The van der Waals surface area contributed by atoms with Crippen molar-refractivity contribution in [2.24, 2.45) is 5.92 Å². The lowest BCUT2D eigenvalue weighted by atomic mass is 9.91. The summed E-state index contributed by atoms with van der Waals surface area (Å²) in [6, 6.07) is 5.11. The number of hydrogen-bond acceptors (Lipinski definition) is 3. The van der Waals surface area contributed by atoms with Gasteiger partial charge in [0.1, 0.15) is 0 Å². The molecule has 2 rings (SSSR count). The molecule has 2 atom stereocenters. The van der Waals surface area contributed by atoms with Crippen LogP contribution in [0.5, 0.6) is 5.75 Å². The molecule has 0 aromatic heterocycles. The largest absolute Gasteiger partial charge is 0.505 e. The molecule has 4 nitrogen and oxygen atoms in total. The van der Waals surface area contributed by atoms with E-state index in [1.54, 1.807) is 18.2 Å². The van der Waals surface area contributed by atoms with Gasteiger partial charge in [-0.1, -0.05) is 13.0 Å². The van der Waals surface area contributed by atoms with E-state index in [2.05, 4.69) is 13.8 Å². The molecule has 3 N–H and O–H groups in total. The Morgan fingerprint density at radius 3 is 2.89 bits per heavy atom. The number of benzene rings is 1. The molecular formula is C14H20N2O2. The van der Waals surface area contributed by atoms with Crippen molar-refractivity contribution >= 4 is 11.6 Å². The molecule has 1 amide bonds. The average Bonchev–Trinajstić information content (AvgIpc) is 2.35. The molecule has 0 bridgehead atoms. The fourth-order valence-corrected chi connectivity index (χ4v) is 2.51. The van der Waals surface area contributed by atoms with Crippen molar-refractivity contribution in [3.05, 3.63) is 23.8 Å². The van der Waals surface area contributed by atoms with Gasteiger partial charge in [-0.15, -0.1) is 0 Å². The van der Waals surface area contributed by atoms with Crippen LogP contribution in [0.3, 0.4) is 0 Å². The lowest BCUT2D eigenvalue weighted by molar-refractivity contribution is 0.0548. The van der Waals surface area contributed by atoms with Crippen LogP contribution in [0.25, 0.3) is 0 Å². The molecule has 0 radical (unpaired) electrons. The number of nitrogens with two attached hydrogens (primary N) is 1. The molecule has 1 aromatic carbocycles. The van der Waals surface area contributed by atoms with Crippen LogP contribution in [0.4, 0.5) is 5.69 Å². The summed E-state index contributed by atoms with van der Waals surface area (Å²) < 4.78 is 0. The standard InChI is InChI=1S/C14H20N2O2/c1-9-5-4-8-16(10(9)2)14(18)11-6-3-7-12(15)13(11)17/h3,6-7,9-10,17H,4-5,8,15H2,1-2H3. The van der Waals surface area contributed by atoms with Gasteiger partial charge >= 0.3 is 0 Å². The molecule has 0 saturated carbocycles. The Bertz CT molecular complexity index is 459. The van der Waals surface area contributed by atoms with Crippen LogP contribution in [0.1, 0.15) is 37.0 Å². The minimum atomic E-state index is -0.126. The van der Waals surface area contributed by atoms with Gasteiger partial charge in [-0.3, -0.25) is 4.79 Å². The Labute approximate surface area is 107 Å². The zero-order valence-electron chi connectivity index (χ0n) is 10.9. The van der Waals surface area contributed by atoms with E-state index >= 15 is 0 Å². The topological polar surface area (TPSA) is 66.6 Å². The van der Waals surface area contributed by atoms with E-state index in [0.29, 0.717) is 11.5 Å². The molecule has 0 spiro atoms. The second kappa shape index (κ2) is 4.88. The summed E-state index contributed by atoms with van der Waals surface area (Å²) in [5, 5.41) is 9.88. The van der Waals surface area contributed by atoms with Crippen LogP contribution in [0.2, 0.25) is 0 Å². The molecule has 1 saturated heterocycles. The highest BCUT2D eigenvalue weighted by Crippen LogP contribution is 2.29. The highest BCUT2D eigenvalue weighted by atomic mass is 16.3. The van der Waals surface area contributed by atoms with E-state index in [1.807, 2.05) is 4.90 Å². The Morgan fingerprint density at radius 2 is 2.17 bits per heavy atom. The van der Waals surface area contributed by atoms with Gasteiger partial charge in [0, 0.05) is 12.6 Å². The van der Waals surface area contributed by atoms with Gasteiger partial charge in [-0.05, 0) is 37.8 Å². The van der Waals surface area contributed by atoms with Gasteiger partial charge < -0.3 is 15.7 Å². The number of hydrogen-bond donors (Lipinski definition) is 2. The summed E-state index contributed by atoms with van der Waals surface area (Å²) in [6.45, 7) is 4.97. The van der Waals surface area contributed by atoms with Crippen molar-refractivity contribution in [2.75, 3.05) is 12.3 Å². The highest BCUT2D eigenvalue weighted by Gasteiger charge is 2.30. The van der Waals surface area contributed by atoms with Gasteiger partial charge in [0.15, 0.2) is 5.75 Å². The third-order valence-electron chi connectivity index (χ3n) is 3.93. The molecular weight excluding hydrogens is 228 g/mol. The lowest BCUT2D eigenvalue weighted by Crippen LogP contribution is -2.46. The normalized spacial score (nSPS) is 24.0. The molecule has 18 heavy (non-hydrogen) atoms. The number of nitrogen functional groups attached to an aromatic ring is 1. The number of nitrogens with zero attached hydrogens (tertiary/aromatic N) is 1. The minimum absolute atomic E-state index is 0.104. The Kier molecular flexibility index (Phi) is 3.45. The Morgan fingerprint density at radius 1 is 1.44 bits per heavy atom. The van der Waals surface area contributed by atoms with E-state index in [4.69, 9.17) is 5.73 Å². The second-order valence-electron chi connectivity index (χ2n) is 5.10. The maximum atomic E-state index is 12.4. The predicted octanol–water partition coefficient (Wildman–Crippen LogP) is 2.24. The van der Waals surface area contributed by atoms with Crippen molar-refractivity contribution in [2.45, 2.75) is 32.7 Å². The van der Waals surface area contributed by atoms with Crippen LogP contribution >= 0.6 is 0 Å². The fraction of sp³-hybridized carbons (Fsp3) is 0.500. The zero-order valence-corrected chi connectivity index (χ0v) is 10.9. The summed E-state index contributed by atoms with van der Waals surface area (Å²) >= 11 is 0. The molecule has 0 aliphatic carbocycles. The Balaban J connectivity index is 2.28. The summed E-state index contributed by atoms with van der Waals surface area (Å²) in [7, 11) is 0. The first-order valence-corrected chi connectivity index (χ1v) is 6.40. The third kappa shape index (κ3) is 2.15.